The van der Waals surface area contributed by atoms with Crippen LogP contribution >= 0.6 is 35.7 Å². The fraction of sp³-hybridized carbons (Fsp3) is 0.435. The molecule has 0 heterocycles. The van der Waals surface area contributed by atoms with E-state index in [2.05, 4.69) is 48.9 Å². The molecule has 6 nitrogen and oxygen atoms in total. The highest BCUT2D eigenvalue weighted by Crippen LogP contribution is 2.39. The van der Waals surface area contributed by atoms with Gasteiger partial charge in [-0.05, 0) is 49.8 Å². The third kappa shape index (κ3) is 7.68. The van der Waals surface area contributed by atoms with E-state index in [4.69, 9.17) is 19.2 Å². The van der Waals surface area contributed by atoms with E-state index in [-0.39, 0.29) is 24.0 Å². The van der Waals surface area contributed by atoms with Crippen LogP contribution in [0.4, 0.5) is 0 Å². The maximum atomic E-state index is 5.57. The van der Waals surface area contributed by atoms with E-state index in [1.807, 2.05) is 12.1 Å². The molecule has 0 spiro atoms. The third-order valence-corrected chi connectivity index (χ3v) is 5.49. The highest BCUT2D eigenvalue weighted by atomic mass is 127. The molecule has 2 aromatic rings. The summed E-state index contributed by atoms with van der Waals surface area (Å²) in [7, 11) is 4.88. The van der Waals surface area contributed by atoms with Crippen LogP contribution in [0.25, 0.3) is 0 Å². The number of halogens is 1. The molecule has 0 aliphatic carbocycles. The number of nitrogens with zero attached hydrogens (tertiary/aromatic N) is 1. The molecular formula is C23H34IN3O3S. The number of ether oxygens (including phenoxy) is 3. The molecule has 0 aromatic heterocycles. The number of aliphatic imine (C=N–C) groups is 1. The van der Waals surface area contributed by atoms with Gasteiger partial charge in [-0.25, -0.2) is 4.99 Å². The van der Waals surface area contributed by atoms with Crippen LogP contribution in [0.1, 0.15) is 23.6 Å². The average Bonchev–Trinajstić information content (AvgIpc) is 2.77. The number of hydrogen-bond donors (Lipinski definition) is 2. The fourth-order valence-corrected chi connectivity index (χ4v) is 3.86. The Labute approximate surface area is 207 Å². The third-order valence-electron chi connectivity index (χ3n) is 4.67. The SMILES string of the molecule is CCNC(=NCc1ccc(C)cc1SC)NCCc1ccc(OC)c(OC)c1OC.I. The fourth-order valence-electron chi connectivity index (χ4n) is 3.16. The second kappa shape index (κ2) is 14.3. The molecule has 172 valence electrons. The van der Waals surface area contributed by atoms with Gasteiger partial charge in [0.1, 0.15) is 0 Å². The van der Waals surface area contributed by atoms with Gasteiger partial charge < -0.3 is 24.8 Å². The number of nitrogens with one attached hydrogen (secondary N) is 2. The molecule has 0 atom stereocenters. The molecule has 0 aliphatic heterocycles. The summed E-state index contributed by atoms with van der Waals surface area (Å²) >= 11 is 1.75. The predicted molar refractivity (Wildman–Crippen MR) is 141 cm³/mol. The molecule has 31 heavy (non-hydrogen) atoms. The van der Waals surface area contributed by atoms with Crippen molar-refractivity contribution in [1.29, 1.82) is 0 Å². The molecule has 0 unspecified atom stereocenters. The molecular weight excluding hydrogens is 525 g/mol. The largest absolute Gasteiger partial charge is 0.493 e. The molecule has 2 N–H and O–H groups in total. The average molecular weight is 560 g/mol. The maximum absolute atomic E-state index is 5.57. The first kappa shape index (κ1) is 27.2. The van der Waals surface area contributed by atoms with E-state index in [1.165, 1.54) is 16.0 Å². The minimum Gasteiger partial charge on any atom is -0.493 e. The van der Waals surface area contributed by atoms with Crippen LogP contribution in [0.15, 0.2) is 40.2 Å². The van der Waals surface area contributed by atoms with Crippen molar-refractivity contribution >= 4 is 41.7 Å². The smallest absolute Gasteiger partial charge is 0.203 e. The van der Waals surface area contributed by atoms with Gasteiger partial charge in [0, 0.05) is 23.5 Å². The quantitative estimate of drug-likeness (QED) is 0.191. The molecule has 0 aliphatic rings. The Morgan fingerprint density at radius 1 is 0.968 bits per heavy atom. The summed E-state index contributed by atoms with van der Waals surface area (Å²) in [5.74, 6) is 2.76. The molecule has 0 radical (unpaired) electrons. The number of aryl methyl sites for hydroxylation is 1. The van der Waals surface area contributed by atoms with Crippen molar-refractivity contribution in [1.82, 2.24) is 10.6 Å². The summed E-state index contributed by atoms with van der Waals surface area (Å²) in [5, 5.41) is 6.72. The Balaban J connectivity index is 0.00000480. The monoisotopic (exact) mass is 559 g/mol. The molecule has 2 rings (SSSR count). The molecule has 0 amide bonds. The number of hydrogen-bond acceptors (Lipinski definition) is 5. The summed E-state index contributed by atoms with van der Waals surface area (Å²) in [4.78, 5) is 6.03. The standard InChI is InChI=1S/C23H33N3O3S.HI/c1-7-24-23(26-15-18-9-8-16(2)14-20(18)30-6)25-13-12-17-10-11-19(27-3)22(29-5)21(17)28-4;/h8-11,14H,7,12-13,15H2,1-6H3,(H2,24,25,26);1H. The Kier molecular flexibility index (Phi) is 12.5. The maximum Gasteiger partial charge on any atom is 0.203 e. The molecule has 0 saturated carbocycles. The Bertz CT molecular complexity index is 862. The molecule has 0 bridgehead atoms. The Morgan fingerprint density at radius 2 is 1.68 bits per heavy atom. The summed E-state index contributed by atoms with van der Waals surface area (Å²) in [5.41, 5.74) is 3.54. The number of thioether (sulfide) groups is 1. The van der Waals surface area contributed by atoms with Crippen molar-refractivity contribution in [3.63, 3.8) is 0 Å². The normalized spacial score (nSPS) is 10.8. The van der Waals surface area contributed by atoms with Crippen molar-refractivity contribution in [2.24, 2.45) is 4.99 Å². The molecule has 8 heteroatoms. The van der Waals surface area contributed by atoms with Crippen LogP contribution in [0.5, 0.6) is 17.2 Å². The van der Waals surface area contributed by atoms with Crippen molar-refractivity contribution in [2.45, 2.75) is 31.7 Å². The number of guanidine groups is 1. The zero-order valence-corrected chi connectivity index (χ0v) is 22.4. The van der Waals surface area contributed by atoms with Gasteiger partial charge in [-0.2, -0.15) is 0 Å². The predicted octanol–water partition coefficient (Wildman–Crippen LogP) is 4.66. The minimum absolute atomic E-state index is 0. The van der Waals surface area contributed by atoms with Gasteiger partial charge in [0.15, 0.2) is 17.5 Å². The van der Waals surface area contributed by atoms with Gasteiger partial charge in [-0.1, -0.05) is 18.2 Å². The van der Waals surface area contributed by atoms with Crippen LogP contribution in [0, 0.1) is 6.92 Å². The van der Waals surface area contributed by atoms with Crippen LogP contribution in [-0.2, 0) is 13.0 Å². The van der Waals surface area contributed by atoms with Gasteiger partial charge in [-0.15, -0.1) is 35.7 Å². The van der Waals surface area contributed by atoms with Crippen LogP contribution in [-0.4, -0.2) is 46.6 Å². The number of rotatable bonds is 10. The Hall–Kier alpha value is -1.81. The van der Waals surface area contributed by atoms with E-state index < -0.39 is 0 Å². The topological polar surface area (TPSA) is 64.1 Å². The lowest BCUT2D eigenvalue weighted by Crippen LogP contribution is -2.38. The second-order valence-electron chi connectivity index (χ2n) is 6.68. The van der Waals surface area contributed by atoms with Crippen LogP contribution in [0.2, 0.25) is 0 Å². The van der Waals surface area contributed by atoms with Gasteiger partial charge in [0.05, 0.1) is 27.9 Å². The Morgan fingerprint density at radius 3 is 2.29 bits per heavy atom. The van der Waals surface area contributed by atoms with Crippen LogP contribution < -0.4 is 24.8 Å². The minimum atomic E-state index is 0. The summed E-state index contributed by atoms with van der Waals surface area (Å²) < 4.78 is 16.4. The summed E-state index contributed by atoms with van der Waals surface area (Å²) in [6.07, 6.45) is 2.86. The van der Waals surface area contributed by atoms with E-state index in [0.717, 1.165) is 24.5 Å². The van der Waals surface area contributed by atoms with E-state index in [1.54, 1.807) is 33.1 Å². The summed E-state index contributed by atoms with van der Waals surface area (Å²) in [6.45, 7) is 6.32. The van der Waals surface area contributed by atoms with Gasteiger partial charge >= 0.3 is 0 Å². The lowest BCUT2D eigenvalue weighted by atomic mass is 10.1. The molecule has 2 aromatic carbocycles. The highest BCUT2D eigenvalue weighted by molar-refractivity contribution is 14.0. The number of benzene rings is 2. The summed E-state index contributed by atoms with van der Waals surface area (Å²) in [6, 6.07) is 10.4. The van der Waals surface area contributed by atoms with Gasteiger partial charge in [0.2, 0.25) is 5.75 Å². The van der Waals surface area contributed by atoms with Crippen molar-refractivity contribution < 1.29 is 14.2 Å². The van der Waals surface area contributed by atoms with E-state index in [9.17, 15) is 0 Å². The first-order valence-electron chi connectivity index (χ1n) is 10.0. The first-order valence-corrected chi connectivity index (χ1v) is 11.2. The van der Waals surface area contributed by atoms with Gasteiger partial charge in [-0.3, -0.25) is 0 Å². The highest BCUT2D eigenvalue weighted by Gasteiger charge is 2.15. The second-order valence-corrected chi connectivity index (χ2v) is 7.53. The lowest BCUT2D eigenvalue weighted by molar-refractivity contribution is 0.322. The zero-order chi connectivity index (χ0) is 21.9. The number of methoxy groups -OCH3 is 3. The zero-order valence-electron chi connectivity index (χ0n) is 19.2. The van der Waals surface area contributed by atoms with Crippen molar-refractivity contribution in [3.05, 3.63) is 47.0 Å². The van der Waals surface area contributed by atoms with Gasteiger partial charge in [0.25, 0.3) is 0 Å². The van der Waals surface area contributed by atoms with Crippen LogP contribution in [0.3, 0.4) is 0 Å². The molecule has 0 fully saturated rings. The lowest BCUT2D eigenvalue weighted by Gasteiger charge is -2.17. The first-order chi connectivity index (χ1) is 14.6. The van der Waals surface area contributed by atoms with E-state index >= 15 is 0 Å². The molecule has 0 saturated heterocycles. The van der Waals surface area contributed by atoms with Crippen molar-refractivity contribution in [3.8, 4) is 17.2 Å². The van der Waals surface area contributed by atoms with Crippen molar-refractivity contribution in [2.75, 3.05) is 40.7 Å². The van der Waals surface area contributed by atoms with E-state index in [0.29, 0.717) is 30.3 Å².